The third-order valence-corrected chi connectivity index (χ3v) is 3.85. The Hall–Kier alpha value is -1.71. The van der Waals surface area contributed by atoms with Crippen molar-refractivity contribution < 1.29 is 14.6 Å². The standard InChI is InChI=1S/C17H17ClO3/c1-11(21-15-4-2-3-14(18)10-15)17(19)13-5-6-16-12(9-13)7-8-20-16/h2-6,9-11,17,19H,7-8H2,1H3. The van der Waals surface area contributed by atoms with Gasteiger partial charge >= 0.3 is 0 Å². The smallest absolute Gasteiger partial charge is 0.126 e. The Balaban J connectivity index is 1.73. The highest BCUT2D eigenvalue weighted by atomic mass is 35.5. The molecule has 3 rings (SSSR count). The van der Waals surface area contributed by atoms with E-state index in [1.165, 1.54) is 0 Å². The summed E-state index contributed by atoms with van der Waals surface area (Å²) in [5.41, 5.74) is 1.98. The summed E-state index contributed by atoms with van der Waals surface area (Å²) in [5.74, 6) is 1.56. The molecule has 0 aromatic heterocycles. The molecule has 1 aliphatic heterocycles. The summed E-state index contributed by atoms with van der Waals surface area (Å²) >= 11 is 5.93. The van der Waals surface area contributed by atoms with E-state index in [0.29, 0.717) is 17.4 Å². The molecule has 0 saturated heterocycles. The van der Waals surface area contributed by atoms with E-state index in [1.54, 1.807) is 12.1 Å². The molecule has 3 nitrogen and oxygen atoms in total. The first-order valence-corrected chi connectivity index (χ1v) is 7.37. The van der Waals surface area contributed by atoms with Gasteiger partial charge in [-0.15, -0.1) is 0 Å². The lowest BCUT2D eigenvalue weighted by molar-refractivity contribution is 0.0467. The van der Waals surface area contributed by atoms with Crippen LogP contribution in [0.3, 0.4) is 0 Å². The largest absolute Gasteiger partial charge is 0.493 e. The summed E-state index contributed by atoms with van der Waals surface area (Å²) in [6.07, 6.45) is -0.182. The molecule has 2 aromatic carbocycles. The molecule has 0 radical (unpaired) electrons. The van der Waals surface area contributed by atoms with Gasteiger partial charge in [-0.2, -0.15) is 0 Å². The number of fused-ring (bicyclic) bond motifs is 1. The monoisotopic (exact) mass is 304 g/mol. The molecule has 2 unspecified atom stereocenters. The average molecular weight is 305 g/mol. The van der Waals surface area contributed by atoms with Crippen LogP contribution in [0.1, 0.15) is 24.2 Å². The Bertz CT molecular complexity index is 642. The normalized spacial score (nSPS) is 16.0. The van der Waals surface area contributed by atoms with Gasteiger partial charge in [-0.05, 0) is 48.4 Å². The van der Waals surface area contributed by atoms with Crippen LogP contribution < -0.4 is 9.47 Å². The molecule has 1 aliphatic rings. The summed E-state index contributed by atoms with van der Waals surface area (Å²) in [6, 6.07) is 13.0. The number of benzene rings is 2. The van der Waals surface area contributed by atoms with E-state index >= 15 is 0 Å². The van der Waals surface area contributed by atoms with Gasteiger partial charge in [0.05, 0.1) is 6.61 Å². The van der Waals surface area contributed by atoms with Gasteiger partial charge in [-0.3, -0.25) is 0 Å². The lowest BCUT2D eigenvalue weighted by Crippen LogP contribution is -2.21. The molecule has 0 saturated carbocycles. The van der Waals surface area contributed by atoms with Gasteiger partial charge in [0.1, 0.15) is 23.7 Å². The van der Waals surface area contributed by atoms with Crippen molar-refractivity contribution in [1.82, 2.24) is 0 Å². The van der Waals surface area contributed by atoms with E-state index in [2.05, 4.69) is 0 Å². The molecule has 0 fully saturated rings. The SMILES string of the molecule is CC(Oc1cccc(Cl)c1)C(O)c1ccc2c(c1)CCO2. The maximum Gasteiger partial charge on any atom is 0.126 e. The molecule has 1 heterocycles. The fraction of sp³-hybridized carbons (Fsp3) is 0.294. The zero-order valence-electron chi connectivity index (χ0n) is 11.8. The van der Waals surface area contributed by atoms with Crippen molar-refractivity contribution in [2.75, 3.05) is 6.61 Å². The molecule has 2 atom stereocenters. The highest BCUT2D eigenvalue weighted by Crippen LogP contribution is 2.30. The van der Waals surface area contributed by atoms with E-state index in [1.807, 2.05) is 37.3 Å². The summed E-state index contributed by atoms with van der Waals surface area (Å²) in [5, 5.41) is 11.1. The topological polar surface area (TPSA) is 38.7 Å². The number of aliphatic hydroxyl groups excluding tert-OH is 1. The molecule has 0 spiro atoms. The van der Waals surface area contributed by atoms with Crippen molar-refractivity contribution >= 4 is 11.6 Å². The molecule has 1 N–H and O–H groups in total. The maximum atomic E-state index is 10.5. The van der Waals surface area contributed by atoms with Crippen LogP contribution in [-0.4, -0.2) is 17.8 Å². The number of hydrogen-bond donors (Lipinski definition) is 1. The van der Waals surface area contributed by atoms with Crippen molar-refractivity contribution in [3.8, 4) is 11.5 Å². The van der Waals surface area contributed by atoms with Gasteiger partial charge in [-0.1, -0.05) is 23.7 Å². The molecule has 0 bridgehead atoms. The Labute approximate surface area is 129 Å². The number of ether oxygens (including phenoxy) is 2. The minimum atomic E-state index is -0.699. The summed E-state index contributed by atoms with van der Waals surface area (Å²) < 4.78 is 11.2. The Morgan fingerprint density at radius 2 is 2.10 bits per heavy atom. The fourth-order valence-electron chi connectivity index (χ4n) is 2.48. The minimum Gasteiger partial charge on any atom is -0.493 e. The van der Waals surface area contributed by atoms with Crippen molar-refractivity contribution in [2.24, 2.45) is 0 Å². The van der Waals surface area contributed by atoms with Crippen LogP contribution >= 0.6 is 11.6 Å². The quantitative estimate of drug-likeness (QED) is 0.934. The first kappa shape index (κ1) is 14.2. The molecule has 21 heavy (non-hydrogen) atoms. The van der Waals surface area contributed by atoms with Crippen LogP contribution in [-0.2, 0) is 6.42 Å². The zero-order chi connectivity index (χ0) is 14.8. The van der Waals surface area contributed by atoms with Gasteiger partial charge in [0.2, 0.25) is 0 Å². The van der Waals surface area contributed by atoms with Crippen molar-refractivity contribution in [1.29, 1.82) is 0 Å². The second kappa shape index (κ2) is 5.96. The third-order valence-electron chi connectivity index (χ3n) is 3.62. The summed E-state index contributed by atoms with van der Waals surface area (Å²) in [6.45, 7) is 2.55. The Kier molecular flexibility index (Phi) is 4.04. The second-order valence-corrected chi connectivity index (χ2v) is 5.63. The van der Waals surface area contributed by atoms with Gasteiger partial charge < -0.3 is 14.6 Å². The first-order chi connectivity index (χ1) is 10.1. The second-order valence-electron chi connectivity index (χ2n) is 5.19. The number of halogens is 1. The third kappa shape index (κ3) is 3.14. The average Bonchev–Trinajstić information content (AvgIpc) is 2.93. The first-order valence-electron chi connectivity index (χ1n) is 6.99. The van der Waals surface area contributed by atoms with Gasteiger partial charge in [0.15, 0.2) is 0 Å². The lowest BCUT2D eigenvalue weighted by Gasteiger charge is -2.21. The zero-order valence-corrected chi connectivity index (χ0v) is 12.5. The van der Waals surface area contributed by atoms with Gasteiger partial charge in [0.25, 0.3) is 0 Å². The molecular formula is C17H17ClO3. The van der Waals surface area contributed by atoms with Gasteiger partial charge in [0, 0.05) is 11.4 Å². The lowest BCUT2D eigenvalue weighted by atomic mass is 10.0. The van der Waals surface area contributed by atoms with Crippen LogP contribution in [0, 0.1) is 0 Å². The molecule has 0 amide bonds. The molecule has 4 heteroatoms. The molecular weight excluding hydrogens is 288 g/mol. The van der Waals surface area contributed by atoms with Crippen molar-refractivity contribution in [3.63, 3.8) is 0 Å². The minimum absolute atomic E-state index is 0.371. The van der Waals surface area contributed by atoms with Crippen LogP contribution in [0.25, 0.3) is 0 Å². The van der Waals surface area contributed by atoms with E-state index < -0.39 is 6.10 Å². The van der Waals surface area contributed by atoms with E-state index in [0.717, 1.165) is 23.3 Å². The number of rotatable bonds is 4. The van der Waals surface area contributed by atoms with Crippen LogP contribution in [0.2, 0.25) is 5.02 Å². The van der Waals surface area contributed by atoms with Gasteiger partial charge in [-0.25, -0.2) is 0 Å². The summed E-state index contributed by atoms with van der Waals surface area (Å²) in [7, 11) is 0. The number of hydrogen-bond acceptors (Lipinski definition) is 3. The maximum absolute atomic E-state index is 10.5. The fourth-order valence-corrected chi connectivity index (χ4v) is 2.66. The van der Waals surface area contributed by atoms with Crippen LogP contribution in [0.4, 0.5) is 0 Å². The molecule has 2 aromatic rings. The molecule has 0 aliphatic carbocycles. The van der Waals surface area contributed by atoms with E-state index in [-0.39, 0.29) is 6.10 Å². The summed E-state index contributed by atoms with van der Waals surface area (Å²) in [4.78, 5) is 0. The Morgan fingerprint density at radius 3 is 2.90 bits per heavy atom. The Morgan fingerprint density at radius 1 is 1.24 bits per heavy atom. The highest BCUT2D eigenvalue weighted by molar-refractivity contribution is 6.30. The van der Waals surface area contributed by atoms with Crippen molar-refractivity contribution in [3.05, 3.63) is 58.6 Å². The predicted octanol–water partition coefficient (Wildman–Crippen LogP) is 3.78. The molecule has 110 valence electrons. The predicted molar refractivity (Wildman–Crippen MR) is 82.1 cm³/mol. The van der Waals surface area contributed by atoms with Crippen molar-refractivity contribution in [2.45, 2.75) is 25.6 Å². The highest BCUT2D eigenvalue weighted by Gasteiger charge is 2.21. The van der Waals surface area contributed by atoms with E-state index in [9.17, 15) is 5.11 Å². The van der Waals surface area contributed by atoms with Crippen LogP contribution in [0.15, 0.2) is 42.5 Å². The van der Waals surface area contributed by atoms with Crippen LogP contribution in [0.5, 0.6) is 11.5 Å². The number of aliphatic hydroxyl groups is 1. The van der Waals surface area contributed by atoms with E-state index in [4.69, 9.17) is 21.1 Å².